The SMILES string of the molecule is CN=C(NCC(C(C)C)N1CCOCC1)N1CCC(C(=O)OC)CC1.I. The fraction of sp³-hybridized carbons (Fsp3) is 0.889. The Kier molecular flexibility index (Phi) is 10.8. The minimum atomic E-state index is -0.0882. The van der Waals surface area contributed by atoms with E-state index in [1.54, 1.807) is 0 Å². The van der Waals surface area contributed by atoms with E-state index in [4.69, 9.17) is 9.47 Å². The third kappa shape index (κ3) is 6.53. The van der Waals surface area contributed by atoms with Crippen LogP contribution in [0.15, 0.2) is 4.99 Å². The van der Waals surface area contributed by atoms with Gasteiger partial charge in [0, 0.05) is 45.8 Å². The number of esters is 1. The topological polar surface area (TPSA) is 66.4 Å². The van der Waals surface area contributed by atoms with Crippen LogP contribution in [0.2, 0.25) is 0 Å². The second kappa shape index (κ2) is 12.0. The van der Waals surface area contributed by atoms with Gasteiger partial charge in [0.05, 0.1) is 26.2 Å². The molecule has 0 aromatic heterocycles. The van der Waals surface area contributed by atoms with Gasteiger partial charge in [-0.1, -0.05) is 13.8 Å². The zero-order valence-electron chi connectivity index (χ0n) is 16.6. The van der Waals surface area contributed by atoms with Crippen LogP contribution in [0.5, 0.6) is 0 Å². The highest BCUT2D eigenvalue weighted by molar-refractivity contribution is 14.0. The monoisotopic (exact) mass is 482 g/mol. The highest BCUT2D eigenvalue weighted by Crippen LogP contribution is 2.19. The molecule has 2 rings (SSSR count). The zero-order valence-corrected chi connectivity index (χ0v) is 18.9. The van der Waals surface area contributed by atoms with Gasteiger partial charge in [0.25, 0.3) is 0 Å². The Balaban J connectivity index is 0.00000338. The number of morpholine rings is 1. The maximum atomic E-state index is 11.7. The molecule has 0 aliphatic carbocycles. The third-order valence-electron chi connectivity index (χ3n) is 5.29. The smallest absolute Gasteiger partial charge is 0.308 e. The minimum absolute atomic E-state index is 0. The summed E-state index contributed by atoms with van der Waals surface area (Å²) in [6.07, 6.45) is 1.65. The largest absolute Gasteiger partial charge is 0.469 e. The summed E-state index contributed by atoms with van der Waals surface area (Å²) in [6.45, 7) is 10.7. The molecule has 0 aromatic carbocycles. The molecule has 1 unspecified atom stereocenters. The lowest BCUT2D eigenvalue weighted by Gasteiger charge is -2.38. The van der Waals surface area contributed by atoms with E-state index in [-0.39, 0.29) is 35.9 Å². The number of carbonyl (C=O) groups is 1. The van der Waals surface area contributed by atoms with Crippen LogP contribution >= 0.6 is 24.0 Å². The van der Waals surface area contributed by atoms with Gasteiger partial charge in [-0.25, -0.2) is 0 Å². The molecule has 2 heterocycles. The molecule has 0 spiro atoms. The van der Waals surface area contributed by atoms with Gasteiger partial charge >= 0.3 is 5.97 Å². The van der Waals surface area contributed by atoms with E-state index >= 15 is 0 Å². The van der Waals surface area contributed by atoms with E-state index in [2.05, 4.69) is 34.0 Å². The van der Waals surface area contributed by atoms with Crippen LogP contribution in [-0.2, 0) is 14.3 Å². The van der Waals surface area contributed by atoms with Gasteiger partial charge in [-0.3, -0.25) is 14.7 Å². The molecule has 1 N–H and O–H groups in total. The van der Waals surface area contributed by atoms with Crippen molar-refractivity contribution in [3.63, 3.8) is 0 Å². The predicted molar refractivity (Wildman–Crippen MR) is 114 cm³/mol. The molecule has 2 fully saturated rings. The Morgan fingerprint density at radius 1 is 1.23 bits per heavy atom. The molecule has 0 bridgehead atoms. The second-order valence-corrected chi connectivity index (χ2v) is 7.17. The van der Waals surface area contributed by atoms with Gasteiger partial charge in [0.1, 0.15) is 0 Å². The summed E-state index contributed by atoms with van der Waals surface area (Å²) in [4.78, 5) is 20.9. The number of methoxy groups -OCH3 is 1. The van der Waals surface area contributed by atoms with Crippen molar-refractivity contribution in [2.45, 2.75) is 32.7 Å². The molecule has 7 nitrogen and oxygen atoms in total. The summed E-state index contributed by atoms with van der Waals surface area (Å²) in [5.74, 6) is 1.43. The number of rotatable bonds is 5. The number of nitrogens with zero attached hydrogens (tertiary/aromatic N) is 3. The van der Waals surface area contributed by atoms with Crippen LogP contribution in [-0.4, -0.2) is 87.9 Å². The van der Waals surface area contributed by atoms with Crippen molar-refractivity contribution >= 4 is 35.9 Å². The van der Waals surface area contributed by atoms with E-state index in [0.29, 0.717) is 12.0 Å². The fourth-order valence-electron chi connectivity index (χ4n) is 3.72. The lowest BCUT2D eigenvalue weighted by atomic mass is 9.97. The Morgan fingerprint density at radius 3 is 2.35 bits per heavy atom. The Hall–Kier alpha value is -0.610. The molecule has 1 atom stereocenters. The Morgan fingerprint density at radius 2 is 1.85 bits per heavy atom. The molecule has 152 valence electrons. The predicted octanol–water partition coefficient (Wildman–Crippen LogP) is 1.42. The van der Waals surface area contributed by atoms with Gasteiger partial charge < -0.3 is 19.7 Å². The number of guanidine groups is 1. The number of carbonyl (C=O) groups excluding carboxylic acids is 1. The Labute approximate surface area is 174 Å². The van der Waals surface area contributed by atoms with Gasteiger partial charge in [0.15, 0.2) is 5.96 Å². The van der Waals surface area contributed by atoms with Crippen molar-refractivity contribution in [1.29, 1.82) is 0 Å². The zero-order chi connectivity index (χ0) is 18.2. The minimum Gasteiger partial charge on any atom is -0.469 e. The molecule has 26 heavy (non-hydrogen) atoms. The lowest BCUT2D eigenvalue weighted by molar-refractivity contribution is -0.146. The first-order valence-corrected chi connectivity index (χ1v) is 9.42. The summed E-state index contributed by atoms with van der Waals surface area (Å²) in [5, 5.41) is 3.55. The molecule has 0 aromatic rings. The lowest BCUT2D eigenvalue weighted by Crippen LogP contribution is -2.54. The highest BCUT2D eigenvalue weighted by atomic mass is 127. The normalized spacial score (nSPS) is 21.3. The second-order valence-electron chi connectivity index (χ2n) is 7.17. The van der Waals surface area contributed by atoms with E-state index in [1.165, 1.54) is 7.11 Å². The first-order chi connectivity index (χ1) is 12.1. The number of piperidine rings is 1. The molecule has 0 radical (unpaired) electrons. The first-order valence-electron chi connectivity index (χ1n) is 9.42. The van der Waals surface area contributed by atoms with E-state index in [0.717, 1.165) is 64.7 Å². The van der Waals surface area contributed by atoms with Crippen LogP contribution in [0.4, 0.5) is 0 Å². The van der Waals surface area contributed by atoms with Crippen LogP contribution in [0.3, 0.4) is 0 Å². The maximum Gasteiger partial charge on any atom is 0.308 e. The van der Waals surface area contributed by atoms with Gasteiger partial charge in [0.2, 0.25) is 0 Å². The van der Waals surface area contributed by atoms with E-state index in [9.17, 15) is 4.79 Å². The van der Waals surface area contributed by atoms with Crippen molar-refractivity contribution in [2.75, 3.05) is 60.1 Å². The van der Waals surface area contributed by atoms with Crippen LogP contribution in [0.1, 0.15) is 26.7 Å². The van der Waals surface area contributed by atoms with Crippen molar-refractivity contribution < 1.29 is 14.3 Å². The van der Waals surface area contributed by atoms with Crippen LogP contribution < -0.4 is 5.32 Å². The molecule has 0 amide bonds. The molecule has 2 aliphatic heterocycles. The summed E-state index contributed by atoms with van der Waals surface area (Å²) in [6, 6.07) is 0.466. The number of nitrogens with one attached hydrogen (secondary N) is 1. The maximum absolute atomic E-state index is 11.7. The van der Waals surface area contributed by atoms with Gasteiger partial charge in [-0.05, 0) is 18.8 Å². The quantitative estimate of drug-likeness (QED) is 0.277. The van der Waals surface area contributed by atoms with Crippen molar-refractivity contribution in [3.05, 3.63) is 0 Å². The standard InChI is InChI=1S/C18H34N4O3.HI/c1-14(2)16(21-9-11-25-12-10-21)13-20-18(19-3)22-7-5-15(6-8-22)17(23)24-4;/h14-16H,5-13H2,1-4H3,(H,19,20);1H. The van der Waals surface area contributed by atoms with Crippen molar-refractivity contribution in [1.82, 2.24) is 15.1 Å². The number of hydrogen-bond acceptors (Lipinski definition) is 5. The molecular weight excluding hydrogens is 447 g/mol. The van der Waals surface area contributed by atoms with Crippen molar-refractivity contribution in [2.24, 2.45) is 16.8 Å². The Bertz CT molecular complexity index is 448. The summed E-state index contributed by atoms with van der Waals surface area (Å²) < 4.78 is 10.3. The summed E-state index contributed by atoms with van der Waals surface area (Å²) in [5.41, 5.74) is 0. The number of likely N-dealkylation sites (tertiary alicyclic amines) is 1. The van der Waals surface area contributed by atoms with E-state index < -0.39 is 0 Å². The van der Waals surface area contributed by atoms with Gasteiger partial charge in [-0.15, -0.1) is 24.0 Å². The van der Waals surface area contributed by atoms with Gasteiger partial charge in [-0.2, -0.15) is 0 Å². The van der Waals surface area contributed by atoms with Crippen LogP contribution in [0, 0.1) is 11.8 Å². The number of hydrogen-bond donors (Lipinski definition) is 1. The molecular formula is C18H35IN4O3. The number of aliphatic imine (C=N–C) groups is 1. The van der Waals surface area contributed by atoms with Crippen molar-refractivity contribution in [3.8, 4) is 0 Å². The third-order valence-corrected chi connectivity index (χ3v) is 5.29. The summed E-state index contributed by atoms with van der Waals surface area (Å²) >= 11 is 0. The molecule has 2 saturated heterocycles. The fourth-order valence-corrected chi connectivity index (χ4v) is 3.72. The molecule has 2 aliphatic rings. The average molecular weight is 482 g/mol. The number of halogens is 1. The first kappa shape index (κ1) is 23.4. The summed E-state index contributed by atoms with van der Waals surface area (Å²) in [7, 11) is 3.29. The highest BCUT2D eigenvalue weighted by Gasteiger charge is 2.28. The molecule has 8 heteroatoms. The number of ether oxygens (including phenoxy) is 2. The van der Waals surface area contributed by atoms with E-state index in [1.807, 2.05) is 7.05 Å². The van der Waals surface area contributed by atoms with Crippen LogP contribution in [0.25, 0.3) is 0 Å². The molecule has 0 saturated carbocycles. The average Bonchev–Trinajstić information content (AvgIpc) is 2.65.